The summed E-state index contributed by atoms with van der Waals surface area (Å²) in [5, 5.41) is 0. The number of halogens is 1. The lowest BCUT2D eigenvalue weighted by Crippen LogP contribution is -2.25. The third-order valence-corrected chi connectivity index (χ3v) is 3.15. The average molecular weight is 349 g/mol. The number of alkyl halides is 1. The molecule has 0 saturated carbocycles. The van der Waals surface area contributed by atoms with E-state index >= 15 is 0 Å². The van der Waals surface area contributed by atoms with Crippen LogP contribution in [0.15, 0.2) is 54.6 Å². The van der Waals surface area contributed by atoms with Crippen molar-refractivity contribution in [3.05, 3.63) is 60.2 Å². The fourth-order valence-electron chi connectivity index (χ4n) is 1.89. The summed E-state index contributed by atoms with van der Waals surface area (Å²) in [6, 6.07) is 10.1. The van der Waals surface area contributed by atoms with Crippen LogP contribution >= 0.6 is 11.6 Å². The third-order valence-electron chi connectivity index (χ3n) is 3.02. The Morgan fingerprint density at radius 1 is 1.25 bits per heavy atom. The van der Waals surface area contributed by atoms with Crippen molar-refractivity contribution in [3.63, 3.8) is 0 Å². The minimum Gasteiger partial charge on any atom is -0.374 e. The second-order valence-electron chi connectivity index (χ2n) is 5.00. The summed E-state index contributed by atoms with van der Waals surface area (Å²) in [6.45, 7) is 7.46. The van der Waals surface area contributed by atoms with Gasteiger partial charge in [-0.3, -0.25) is 0 Å². The van der Waals surface area contributed by atoms with Crippen LogP contribution in [0.4, 0.5) is 0 Å². The van der Waals surface area contributed by atoms with E-state index in [1.165, 1.54) is 0 Å². The summed E-state index contributed by atoms with van der Waals surface area (Å²) in [4.78, 5) is 0. The fraction of sp³-hybridized carbons (Fsp3) is 0.400. The van der Waals surface area contributed by atoms with E-state index in [4.69, 9.17) is 25.8 Å². The van der Waals surface area contributed by atoms with Gasteiger partial charge in [0.05, 0.1) is 26.4 Å². The number of ether oxygens (including phenoxy) is 3. The molecule has 0 aliphatic rings. The van der Waals surface area contributed by atoms with Gasteiger partial charge in [-0.2, -0.15) is 0 Å². The molecule has 3 nitrogen and oxygen atoms in total. The second kappa shape index (κ2) is 13.8. The van der Waals surface area contributed by atoms with E-state index in [9.17, 15) is 0 Å². The van der Waals surface area contributed by atoms with Gasteiger partial charge in [0.25, 0.3) is 0 Å². The molecule has 1 aromatic rings. The van der Waals surface area contributed by atoms with Gasteiger partial charge in [-0.1, -0.05) is 73.4 Å². The van der Waals surface area contributed by atoms with Crippen LogP contribution in [0.25, 0.3) is 0 Å². The predicted molar refractivity (Wildman–Crippen MR) is 98.9 cm³/mol. The van der Waals surface area contributed by atoms with E-state index in [-0.39, 0.29) is 12.2 Å². The maximum Gasteiger partial charge on any atom is 0.121 e. The standard InChI is InChI=1S/C20H25ClO3/c1-3-5-10-18(9-4-2)13-22-15-20(24-17-21)16-23-14-19-11-7-6-8-12-19/h4,6-9,11-12,20H,2-3,13-17H2,1H3/b18-9+. The lowest BCUT2D eigenvalue weighted by Gasteiger charge is -2.17. The average Bonchev–Trinajstić information content (AvgIpc) is 2.60. The highest BCUT2D eigenvalue weighted by molar-refractivity contribution is 6.17. The molecule has 0 N–H and O–H groups in total. The van der Waals surface area contributed by atoms with E-state index in [2.05, 4.69) is 18.4 Å². The van der Waals surface area contributed by atoms with Gasteiger partial charge < -0.3 is 14.2 Å². The molecule has 0 spiro atoms. The Kier molecular flexibility index (Phi) is 11.8. The van der Waals surface area contributed by atoms with Crippen molar-refractivity contribution in [3.8, 4) is 11.8 Å². The summed E-state index contributed by atoms with van der Waals surface area (Å²) < 4.78 is 16.8. The molecule has 0 radical (unpaired) electrons. The van der Waals surface area contributed by atoms with Crippen molar-refractivity contribution in [2.45, 2.75) is 26.1 Å². The molecular weight excluding hydrogens is 324 g/mol. The van der Waals surface area contributed by atoms with Crippen molar-refractivity contribution in [2.75, 3.05) is 25.9 Å². The van der Waals surface area contributed by atoms with Gasteiger partial charge in [0.1, 0.15) is 12.2 Å². The Balaban J connectivity index is 2.36. The van der Waals surface area contributed by atoms with Gasteiger partial charge in [0.15, 0.2) is 0 Å². The largest absolute Gasteiger partial charge is 0.374 e. The first-order chi connectivity index (χ1) is 11.8. The fourth-order valence-corrected chi connectivity index (χ4v) is 2.06. The first-order valence-corrected chi connectivity index (χ1v) is 8.51. The number of hydrogen-bond acceptors (Lipinski definition) is 3. The molecule has 0 fully saturated rings. The summed E-state index contributed by atoms with van der Waals surface area (Å²) in [5.74, 6) is 6.08. The second-order valence-corrected chi connectivity index (χ2v) is 5.21. The zero-order chi connectivity index (χ0) is 17.5. The highest BCUT2D eigenvalue weighted by Crippen LogP contribution is 2.04. The molecule has 4 heteroatoms. The molecule has 0 amide bonds. The van der Waals surface area contributed by atoms with Crippen molar-refractivity contribution >= 4 is 11.6 Å². The number of benzene rings is 1. The number of allylic oxidation sites excluding steroid dienone is 2. The molecule has 1 unspecified atom stereocenters. The minimum absolute atomic E-state index is 0.105. The first kappa shape index (κ1) is 20.5. The van der Waals surface area contributed by atoms with Crippen molar-refractivity contribution in [2.24, 2.45) is 0 Å². The van der Waals surface area contributed by atoms with Crippen LogP contribution in [0.3, 0.4) is 0 Å². The lowest BCUT2D eigenvalue weighted by molar-refractivity contribution is -0.0467. The van der Waals surface area contributed by atoms with Gasteiger partial charge in [0, 0.05) is 12.0 Å². The van der Waals surface area contributed by atoms with Gasteiger partial charge in [-0.15, -0.1) is 0 Å². The van der Waals surface area contributed by atoms with Crippen LogP contribution in [-0.4, -0.2) is 32.0 Å². The Hall–Kier alpha value is -1.57. The van der Waals surface area contributed by atoms with E-state index in [1.54, 1.807) is 6.08 Å². The Bertz CT molecular complexity index is 543. The Labute approximate surface area is 150 Å². The molecule has 130 valence electrons. The Morgan fingerprint density at radius 2 is 2.00 bits per heavy atom. The first-order valence-electron chi connectivity index (χ1n) is 7.97. The summed E-state index contributed by atoms with van der Waals surface area (Å²) in [5.41, 5.74) is 2.01. The molecule has 1 atom stereocenters. The van der Waals surface area contributed by atoms with Crippen LogP contribution in [0, 0.1) is 11.8 Å². The van der Waals surface area contributed by atoms with E-state index in [0.29, 0.717) is 26.4 Å². The molecule has 0 aromatic heterocycles. The monoisotopic (exact) mass is 348 g/mol. The quantitative estimate of drug-likeness (QED) is 0.338. The van der Waals surface area contributed by atoms with Crippen LogP contribution in [0.5, 0.6) is 0 Å². The molecule has 0 bridgehead atoms. The highest BCUT2D eigenvalue weighted by Gasteiger charge is 2.10. The SMILES string of the molecule is C=C/C=C(\C#CCC)COCC(COCc1ccccc1)OCCl. The van der Waals surface area contributed by atoms with Crippen LogP contribution in [0.2, 0.25) is 0 Å². The zero-order valence-electron chi connectivity index (χ0n) is 14.2. The topological polar surface area (TPSA) is 27.7 Å². The lowest BCUT2D eigenvalue weighted by atomic mass is 10.2. The molecule has 0 saturated heterocycles. The van der Waals surface area contributed by atoms with Crippen molar-refractivity contribution in [1.82, 2.24) is 0 Å². The molecule has 0 aliphatic heterocycles. The maximum absolute atomic E-state index is 5.68. The van der Waals surface area contributed by atoms with Crippen molar-refractivity contribution in [1.29, 1.82) is 0 Å². The van der Waals surface area contributed by atoms with Crippen molar-refractivity contribution < 1.29 is 14.2 Å². The van der Waals surface area contributed by atoms with Gasteiger partial charge >= 0.3 is 0 Å². The third kappa shape index (κ3) is 9.54. The smallest absolute Gasteiger partial charge is 0.121 e. The van der Waals surface area contributed by atoms with E-state index < -0.39 is 0 Å². The Morgan fingerprint density at radius 3 is 2.67 bits per heavy atom. The summed E-state index contributed by atoms with van der Waals surface area (Å²) in [6.07, 6.45) is 4.15. The van der Waals surface area contributed by atoms with Gasteiger partial charge in [-0.05, 0) is 11.6 Å². The van der Waals surface area contributed by atoms with E-state index in [1.807, 2.05) is 43.3 Å². The molecular formula is C20H25ClO3. The van der Waals surface area contributed by atoms with Gasteiger partial charge in [-0.25, -0.2) is 0 Å². The highest BCUT2D eigenvalue weighted by atomic mass is 35.5. The van der Waals surface area contributed by atoms with Crippen LogP contribution in [0.1, 0.15) is 18.9 Å². The molecule has 0 heterocycles. The molecule has 1 rings (SSSR count). The van der Waals surface area contributed by atoms with E-state index in [0.717, 1.165) is 17.6 Å². The number of hydrogen-bond donors (Lipinski definition) is 0. The summed E-state index contributed by atoms with van der Waals surface area (Å²) in [7, 11) is 0. The normalized spacial score (nSPS) is 12.3. The predicted octanol–water partition coefficient (Wildman–Crippen LogP) is 4.33. The molecule has 1 aromatic carbocycles. The summed E-state index contributed by atoms with van der Waals surface area (Å²) >= 11 is 5.67. The molecule has 0 aliphatic carbocycles. The van der Waals surface area contributed by atoms with Crippen LogP contribution < -0.4 is 0 Å². The molecule has 24 heavy (non-hydrogen) atoms. The van der Waals surface area contributed by atoms with Gasteiger partial charge in [0.2, 0.25) is 0 Å². The van der Waals surface area contributed by atoms with Crippen LogP contribution in [-0.2, 0) is 20.8 Å². The number of rotatable bonds is 11. The zero-order valence-corrected chi connectivity index (χ0v) is 14.9. The minimum atomic E-state index is -0.213. The maximum atomic E-state index is 5.68.